The smallest absolute Gasteiger partial charge is 0.311 e. The monoisotopic (exact) mass is 293 g/mol. The molecular formula is C14H16ClN3O2. The van der Waals surface area contributed by atoms with Crippen LogP contribution in [0.1, 0.15) is 20.3 Å². The number of nitrogens with zero attached hydrogens (tertiary/aromatic N) is 3. The lowest BCUT2D eigenvalue weighted by molar-refractivity contribution is -0.136. The van der Waals surface area contributed by atoms with Crippen molar-refractivity contribution in [3.05, 3.63) is 41.9 Å². The molecule has 0 aliphatic carbocycles. The lowest BCUT2D eigenvalue weighted by atomic mass is 9.89. The molecule has 5 nitrogen and oxygen atoms in total. The number of aromatic nitrogens is 3. The molecule has 2 aromatic rings. The summed E-state index contributed by atoms with van der Waals surface area (Å²) < 4.78 is 6.99. The third-order valence-electron chi connectivity index (χ3n) is 2.72. The lowest BCUT2D eigenvalue weighted by Gasteiger charge is -2.22. The van der Waals surface area contributed by atoms with Crippen molar-refractivity contribution in [3.8, 4) is 5.75 Å². The number of rotatable bonds is 5. The van der Waals surface area contributed by atoms with Crippen LogP contribution in [0.5, 0.6) is 5.75 Å². The van der Waals surface area contributed by atoms with E-state index in [4.69, 9.17) is 16.3 Å². The molecule has 0 aliphatic heterocycles. The Morgan fingerprint density at radius 3 is 2.65 bits per heavy atom. The van der Waals surface area contributed by atoms with E-state index < -0.39 is 0 Å². The second kappa shape index (κ2) is 6.05. The van der Waals surface area contributed by atoms with Crippen LogP contribution in [0.4, 0.5) is 0 Å². The van der Waals surface area contributed by atoms with E-state index in [1.807, 2.05) is 13.8 Å². The maximum atomic E-state index is 11.9. The predicted molar refractivity (Wildman–Crippen MR) is 75.5 cm³/mol. The van der Waals surface area contributed by atoms with Gasteiger partial charge in [0.1, 0.15) is 18.4 Å². The number of carbonyl (C=O) groups is 1. The molecule has 0 atom stereocenters. The standard InChI is InChI=1S/C14H16ClN3O2/c1-14(2,8-18-10-16-9-17-18)7-13(19)20-12-5-3-11(15)4-6-12/h3-6,9-10H,7-8H2,1-2H3. The summed E-state index contributed by atoms with van der Waals surface area (Å²) in [4.78, 5) is 15.8. The summed E-state index contributed by atoms with van der Waals surface area (Å²) in [5.41, 5.74) is -0.267. The minimum Gasteiger partial charge on any atom is -0.427 e. The van der Waals surface area contributed by atoms with Crippen molar-refractivity contribution in [1.29, 1.82) is 0 Å². The first-order valence-corrected chi connectivity index (χ1v) is 6.61. The SMILES string of the molecule is CC(C)(CC(=O)Oc1ccc(Cl)cc1)Cn1cncn1. The van der Waals surface area contributed by atoms with Crippen LogP contribution in [0.15, 0.2) is 36.9 Å². The van der Waals surface area contributed by atoms with Crippen LogP contribution in [0.25, 0.3) is 0 Å². The second-order valence-corrected chi connectivity index (χ2v) is 5.80. The predicted octanol–water partition coefficient (Wildman–Crippen LogP) is 2.95. The third-order valence-corrected chi connectivity index (χ3v) is 2.98. The van der Waals surface area contributed by atoms with Gasteiger partial charge in [-0.05, 0) is 29.7 Å². The van der Waals surface area contributed by atoms with Crippen LogP contribution in [0, 0.1) is 5.41 Å². The zero-order chi connectivity index (χ0) is 14.6. The van der Waals surface area contributed by atoms with Crippen molar-refractivity contribution in [3.63, 3.8) is 0 Å². The first kappa shape index (κ1) is 14.5. The molecule has 1 aromatic heterocycles. The van der Waals surface area contributed by atoms with E-state index >= 15 is 0 Å². The molecule has 2 rings (SSSR count). The first-order valence-electron chi connectivity index (χ1n) is 6.23. The van der Waals surface area contributed by atoms with E-state index in [0.717, 1.165) is 0 Å². The highest BCUT2D eigenvalue weighted by molar-refractivity contribution is 6.30. The molecule has 0 amide bonds. The summed E-state index contributed by atoms with van der Waals surface area (Å²) >= 11 is 5.78. The topological polar surface area (TPSA) is 57.0 Å². The van der Waals surface area contributed by atoms with E-state index in [1.54, 1.807) is 35.3 Å². The van der Waals surface area contributed by atoms with Gasteiger partial charge in [0, 0.05) is 11.6 Å². The van der Waals surface area contributed by atoms with Gasteiger partial charge in [-0.15, -0.1) is 0 Å². The molecule has 6 heteroatoms. The quantitative estimate of drug-likeness (QED) is 0.628. The van der Waals surface area contributed by atoms with Crippen molar-refractivity contribution in [2.45, 2.75) is 26.8 Å². The normalized spacial score (nSPS) is 11.3. The van der Waals surface area contributed by atoms with Crippen molar-refractivity contribution >= 4 is 17.6 Å². The van der Waals surface area contributed by atoms with Crippen molar-refractivity contribution in [2.24, 2.45) is 5.41 Å². The zero-order valence-electron chi connectivity index (χ0n) is 11.4. The molecule has 0 aliphatic rings. The van der Waals surface area contributed by atoms with Crippen LogP contribution in [0.2, 0.25) is 5.02 Å². The Balaban J connectivity index is 1.91. The van der Waals surface area contributed by atoms with Gasteiger partial charge in [0.2, 0.25) is 0 Å². The molecular weight excluding hydrogens is 278 g/mol. The maximum Gasteiger partial charge on any atom is 0.311 e. The highest BCUT2D eigenvalue weighted by atomic mass is 35.5. The van der Waals surface area contributed by atoms with Gasteiger partial charge in [0.25, 0.3) is 0 Å². The Hall–Kier alpha value is -1.88. The fourth-order valence-electron chi connectivity index (χ4n) is 1.87. The highest BCUT2D eigenvalue weighted by Crippen LogP contribution is 2.24. The summed E-state index contributed by atoms with van der Waals surface area (Å²) in [6.45, 7) is 4.57. The van der Waals surface area contributed by atoms with E-state index in [2.05, 4.69) is 10.1 Å². The van der Waals surface area contributed by atoms with E-state index in [1.165, 1.54) is 6.33 Å². The Morgan fingerprint density at radius 2 is 2.05 bits per heavy atom. The summed E-state index contributed by atoms with van der Waals surface area (Å²) in [5, 5.41) is 4.65. The molecule has 0 saturated carbocycles. The lowest BCUT2D eigenvalue weighted by Crippen LogP contribution is -2.26. The molecule has 1 aromatic carbocycles. The molecule has 0 N–H and O–H groups in total. The second-order valence-electron chi connectivity index (χ2n) is 5.36. The van der Waals surface area contributed by atoms with Crippen LogP contribution in [0.3, 0.4) is 0 Å². The van der Waals surface area contributed by atoms with Gasteiger partial charge in [-0.3, -0.25) is 9.48 Å². The van der Waals surface area contributed by atoms with Crippen LogP contribution >= 0.6 is 11.6 Å². The average molecular weight is 294 g/mol. The van der Waals surface area contributed by atoms with E-state index in [0.29, 0.717) is 17.3 Å². The van der Waals surface area contributed by atoms with Gasteiger partial charge in [-0.2, -0.15) is 5.10 Å². The van der Waals surface area contributed by atoms with Gasteiger partial charge < -0.3 is 4.74 Å². The van der Waals surface area contributed by atoms with E-state index in [-0.39, 0.29) is 17.8 Å². The first-order chi connectivity index (χ1) is 9.44. The Kier molecular flexibility index (Phi) is 4.39. The summed E-state index contributed by atoms with van der Waals surface area (Å²) in [5.74, 6) is 0.216. The fraction of sp³-hybridized carbons (Fsp3) is 0.357. The van der Waals surface area contributed by atoms with Crippen LogP contribution in [-0.4, -0.2) is 20.7 Å². The molecule has 0 fully saturated rings. The number of benzene rings is 1. The average Bonchev–Trinajstić information content (AvgIpc) is 2.83. The number of hydrogen-bond acceptors (Lipinski definition) is 4. The number of ether oxygens (including phenoxy) is 1. The van der Waals surface area contributed by atoms with E-state index in [9.17, 15) is 4.79 Å². The molecule has 0 saturated heterocycles. The number of halogens is 1. The number of hydrogen-bond donors (Lipinski definition) is 0. The van der Waals surface area contributed by atoms with Crippen molar-refractivity contribution in [1.82, 2.24) is 14.8 Å². The summed E-state index contributed by atoms with van der Waals surface area (Å²) in [7, 11) is 0. The molecule has 20 heavy (non-hydrogen) atoms. The van der Waals surface area contributed by atoms with Crippen LogP contribution < -0.4 is 4.74 Å². The highest BCUT2D eigenvalue weighted by Gasteiger charge is 2.24. The van der Waals surface area contributed by atoms with Gasteiger partial charge in [0.05, 0.1) is 6.42 Å². The molecule has 0 spiro atoms. The number of carbonyl (C=O) groups excluding carboxylic acids is 1. The summed E-state index contributed by atoms with van der Waals surface area (Å²) in [6, 6.07) is 6.71. The minimum absolute atomic E-state index is 0.267. The van der Waals surface area contributed by atoms with Crippen molar-refractivity contribution in [2.75, 3.05) is 0 Å². The van der Waals surface area contributed by atoms with Gasteiger partial charge in [0.15, 0.2) is 0 Å². The van der Waals surface area contributed by atoms with Crippen molar-refractivity contribution < 1.29 is 9.53 Å². The van der Waals surface area contributed by atoms with Gasteiger partial charge in [-0.1, -0.05) is 25.4 Å². The molecule has 0 radical (unpaired) electrons. The Morgan fingerprint density at radius 1 is 1.35 bits per heavy atom. The van der Waals surface area contributed by atoms with Crippen LogP contribution in [-0.2, 0) is 11.3 Å². The summed E-state index contributed by atoms with van der Waals surface area (Å²) in [6.07, 6.45) is 3.39. The molecule has 0 unspecified atom stereocenters. The molecule has 0 bridgehead atoms. The fourth-order valence-corrected chi connectivity index (χ4v) is 2.00. The Bertz CT molecular complexity index is 565. The Labute approximate surface area is 122 Å². The van der Waals surface area contributed by atoms with Gasteiger partial charge in [-0.25, -0.2) is 4.98 Å². The third kappa shape index (κ3) is 4.35. The zero-order valence-corrected chi connectivity index (χ0v) is 12.2. The molecule has 1 heterocycles. The maximum absolute atomic E-state index is 11.9. The van der Waals surface area contributed by atoms with Gasteiger partial charge >= 0.3 is 5.97 Å². The minimum atomic E-state index is -0.280. The molecule has 106 valence electrons. The number of esters is 1. The largest absolute Gasteiger partial charge is 0.427 e.